The molecule has 1 heteroatoms. The van der Waals surface area contributed by atoms with Gasteiger partial charge in [0.15, 0.2) is 0 Å². The average Bonchev–Trinajstić information content (AvgIpc) is 2.99. The van der Waals surface area contributed by atoms with Gasteiger partial charge in [0, 0.05) is 0 Å². The fraction of sp³-hybridized carbons (Fsp3) is 0.316. The van der Waals surface area contributed by atoms with Crippen molar-refractivity contribution in [1.82, 2.24) is 0 Å². The second kappa shape index (κ2) is 14.4. The topological polar surface area (TPSA) is 0 Å². The largest absolute Gasteiger partial charge is 0.112 e. The Morgan fingerprint density at radius 1 is 0.513 bits per heavy atom. The first-order chi connectivity index (χ1) is 19.0. The van der Waals surface area contributed by atoms with Gasteiger partial charge in [0.25, 0.3) is 0 Å². The summed E-state index contributed by atoms with van der Waals surface area (Å²) in [6, 6.07) is 36.2. The number of unbranched alkanes of at least 4 members (excludes halogenated alkanes) is 7. The molecule has 0 N–H and O–H groups in total. The molecule has 0 heterocycles. The van der Waals surface area contributed by atoms with E-state index in [0.717, 1.165) is 11.6 Å². The van der Waals surface area contributed by atoms with Crippen molar-refractivity contribution in [2.24, 2.45) is 0 Å². The van der Waals surface area contributed by atoms with E-state index in [1.165, 1.54) is 95.4 Å². The molecule has 0 saturated heterocycles. The summed E-state index contributed by atoms with van der Waals surface area (Å²) in [6.07, 6.45) is 12.9. The average molecular weight is 534 g/mol. The van der Waals surface area contributed by atoms with E-state index in [4.69, 9.17) is 0 Å². The van der Waals surface area contributed by atoms with Gasteiger partial charge >= 0.3 is 0 Å². The maximum absolute atomic E-state index is 4.33. The Hall–Kier alpha value is -2.95. The highest BCUT2D eigenvalue weighted by atomic mass is 31.2. The van der Waals surface area contributed by atoms with Gasteiger partial charge in [-0.05, 0) is 103 Å². The third-order valence-corrected chi connectivity index (χ3v) is 13.0. The third kappa shape index (κ3) is 7.17. The van der Waals surface area contributed by atoms with Gasteiger partial charge in [0.05, 0.1) is 6.16 Å². The fourth-order valence-corrected chi connectivity index (χ4v) is 10.4. The molecule has 0 atom stereocenters. The molecule has 0 nitrogen and oxygen atoms in total. The predicted octanol–water partition coefficient (Wildman–Crippen LogP) is 7.78. The Labute approximate surface area is 237 Å². The van der Waals surface area contributed by atoms with Crippen LogP contribution in [0.5, 0.6) is 0 Å². The summed E-state index contributed by atoms with van der Waals surface area (Å²) in [6.45, 7) is 12.9. The molecule has 0 aliphatic carbocycles. The van der Waals surface area contributed by atoms with Crippen molar-refractivity contribution in [1.29, 1.82) is 0 Å². The summed E-state index contributed by atoms with van der Waals surface area (Å²) >= 11 is 0. The van der Waals surface area contributed by atoms with Crippen molar-refractivity contribution in [2.45, 2.75) is 71.6 Å². The van der Waals surface area contributed by atoms with Crippen LogP contribution in [0, 0.1) is 13.8 Å². The van der Waals surface area contributed by atoms with Gasteiger partial charge in [-0.1, -0.05) is 106 Å². The molecule has 0 radical (unpaired) electrons. The number of rotatable bonds is 14. The zero-order chi connectivity index (χ0) is 27.5. The van der Waals surface area contributed by atoms with Crippen LogP contribution < -0.4 is 26.4 Å². The van der Waals surface area contributed by atoms with Crippen LogP contribution in [0.2, 0.25) is 0 Å². The van der Waals surface area contributed by atoms with Crippen LogP contribution in [0.15, 0.2) is 97.1 Å². The molecule has 202 valence electrons. The van der Waals surface area contributed by atoms with Gasteiger partial charge in [-0.15, -0.1) is 0 Å². The monoisotopic (exact) mass is 533 g/mol. The molecule has 0 bridgehead atoms. The smallest absolute Gasteiger partial charge is 0.0915 e. The molecule has 4 rings (SSSR count). The number of benzene rings is 4. The SMILES string of the molecule is C=c1cc(CCCCCCCCCC[P+](c2ccccc2)(c2ccccc2)c2ccccc2)c(=C)c(C)c1C. The molecule has 0 unspecified atom stereocenters. The zero-order valence-corrected chi connectivity index (χ0v) is 25.1. The van der Waals surface area contributed by atoms with Gasteiger partial charge < -0.3 is 0 Å². The summed E-state index contributed by atoms with van der Waals surface area (Å²) < 4.78 is 0. The van der Waals surface area contributed by atoms with Crippen LogP contribution in [0.3, 0.4) is 0 Å². The minimum atomic E-state index is -1.68. The summed E-state index contributed by atoms with van der Waals surface area (Å²) in [5, 5.41) is 6.89. The first-order valence-electron chi connectivity index (χ1n) is 14.9. The highest BCUT2D eigenvalue weighted by Gasteiger charge is 2.44. The summed E-state index contributed by atoms with van der Waals surface area (Å²) in [7, 11) is -1.68. The Bertz CT molecular complexity index is 1290. The molecule has 39 heavy (non-hydrogen) atoms. The van der Waals surface area contributed by atoms with Crippen LogP contribution in [-0.4, -0.2) is 6.16 Å². The molecule has 0 amide bonds. The number of hydrogen-bond acceptors (Lipinski definition) is 0. The minimum Gasteiger partial charge on any atom is -0.0915 e. The molecule has 0 fully saturated rings. The molecule has 0 spiro atoms. The van der Waals surface area contributed by atoms with Crippen molar-refractivity contribution >= 4 is 36.3 Å². The standard InChI is InChI=1S/C38H46P/c1-31-30-35(34(4)33(3)32(31)2)22-14-9-7-5-6-8-10-21-29-39(36-23-15-11-16-24-36,37-25-17-12-18-26-37)38-27-19-13-20-28-38/h11-13,15-20,23-28,30H,1,4-10,14,21-22,29H2,2-3H3/q+1. The lowest BCUT2D eigenvalue weighted by molar-refractivity contribution is 0.576. The van der Waals surface area contributed by atoms with Crippen LogP contribution in [0.25, 0.3) is 13.2 Å². The molecule has 0 aliphatic heterocycles. The van der Waals surface area contributed by atoms with E-state index in [0.29, 0.717) is 0 Å². The Kier molecular flexibility index (Phi) is 10.8. The van der Waals surface area contributed by atoms with Crippen molar-refractivity contribution in [2.75, 3.05) is 6.16 Å². The van der Waals surface area contributed by atoms with Gasteiger partial charge in [0.1, 0.15) is 23.2 Å². The second-order valence-corrected chi connectivity index (χ2v) is 14.7. The van der Waals surface area contributed by atoms with E-state index in [9.17, 15) is 0 Å². The van der Waals surface area contributed by atoms with Gasteiger partial charge in [-0.25, -0.2) is 0 Å². The second-order valence-electron chi connectivity index (χ2n) is 11.0. The van der Waals surface area contributed by atoms with E-state index >= 15 is 0 Å². The lowest BCUT2D eigenvalue weighted by Crippen LogP contribution is -2.33. The molecule has 4 aromatic rings. The number of aryl methyl sites for hydroxylation is 1. The normalized spacial score (nSPS) is 11.5. The van der Waals surface area contributed by atoms with E-state index in [2.05, 4.69) is 124 Å². The van der Waals surface area contributed by atoms with Crippen molar-refractivity contribution in [3.8, 4) is 0 Å². The molecular formula is C38H46P+. The van der Waals surface area contributed by atoms with Crippen LogP contribution in [-0.2, 0) is 6.42 Å². The zero-order valence-electron chi connectivity index (χ0n) is 24.2. The first-order valence-corrected chi connectivity index (χ1v) is 16.8. The highest BCUT2D eigenvalue weighted by molar-refractivity contribution is 7.95. The maximum atomic E-state index is 4.33. The maximum Gasteiger partial charge on any atom is 0.112 e. The van der Waals surface area contributed by atoms with Gasteiger partial charge in [0.2, 0.25) is 0 Å². The Balaban J connectivity index is 1.29. The first kappa shape index (κ1) is 29.0. The Morgan fingerprint density at radius 2 is 0.923 bits per heavy atom. The Morgan fingerprint density at radius 3 is 1.38 bits per heavy atom. The number of hydrogen-bond donors (Lipinski definition) is 0. The van der Waals surface area contributed by atoms with Crippen molar-refractivity contribution < 1.29 is 0 Å². The lowest BCUT2D eigenvalue weighted by atomic mass is 9.97. The predicted molar refractivity (Wildman–Crippen MR) is 177 cm³/mol. The third-order valence-electron chi connectivity index (χ3n) is 8.51. The summed E-state index contributed by atoms with van der Waals surface area (Å²) in [5.41, 5.74) is 4.00. The molecular weight excluding hydrogens is 487 g/mol. The van der Waals surface area contributed by atoms with Gasteiger partial charge in [-0.2, -0.15) is 0 Å². The quantitative estimate of drug-likeness (QED) is 0.115. The molecule has 4 aromatic carbocycles. The van der Waals surface area contributed by atoms with Crippen molar-refractivity contribution in [3.05, 3.63) is 124 Å². The molecule has 0 saturated carbocycles. The van der Waals surface area contributed by atoms with Crippen LogP contribution in [0.1, 0.15) is 68.1 Å². The molecule has 0 aliphatic rings. The fourth-order valence-electron chi connectivity index (χ4n) is 5.94. The summed E-state index contributed by atoms with van der Waals surface area (Å²) in [4.78, 5) is 0. The van der Waals surface area contributed by atoms with Crippen LogP contribution in [0.4, 0.5) is 0 Å². The van der Waals surface area contributed by atoms with E-state index in [1.54, 1.807) is 0 Å². The summed E-state index contributed by atoms with van der Waals surface area (Å²) in [5.74, 6) is 0. The highest BCUT2D eigenvalue weighted by Crippen LogP contribution is 2.56. The van der Waals surface area contributed by atoms with E-state index < -0.39 is 7.26 Å². The van der Waals surface area contributed by atoms with Crippen LogP contribution >= 0.6 is 7.26 Å². The minimum absolute atomic E-state index is 1.13. The molecule has 0 aromatic heterocycles. The van der Waals surface area contributed by atoms with Crippen molar-refractivity contribution in [3.63, 3.8) is 0 Å². The van der Waals surface area contributed by atoms with Gasteiger partial charge in [-0.3, -0.25) is 0 Å². The van der Waals surface area contributed by atoms with E-state index in [-0.39, 0.29) is 0 Å². The van der Waals surface area contributed by atoms with E-state index in [1.807, 2.05) is 0 Å². The lowest BCUT2D eigenvalue weighted by Gasteiger charge is -2.27.